The second-order valence-electron chi connectivity index (χ2n) is 18.1. The SMILES string of the molecule is CC/C=C/C/C=C/C/C=C/C/C=C/C/C=C/CCCC(=O)OC[C@@H](COC(=O)CCCCCCCCCCCCCCC)OC(=O)CCCCCCCCCCCCCCCCCC. The molecule has 0 saturated heterocycles. The third-order valence-electron chi connectivity index (χ3n) is 11.8. The van der Waals surface area contributed by atoms with Gasteiger partial charge in [-0.25, -0.2) is 0 Å². The predicted molar refractivity (Wildman–Crippen MR) is 275 cm³/mol. The number of hydrogen-bond acceptors (Lipinski definition) is 6. The molecule has 370 valence electrons. The van der Waals surface area contributed by atoms with E-state index in [4.69, 9.17) is 14.2 Å². The maximum Gasteiger partial charge on any atom is 0.306 e. The van der Waals surface area contributed by atoms with E-state index in [2.05, 4.69) is 81.5 Å². The van der Waals surface area contributed by atoms with Crippen LogP contribution in [0, 0.1) is 0 Å². The number of rotatable bonds is 49. The van der Waals surface area contributed by atoms with Crippen molar-refractivity contribution in [3.8, 4) is 0 Å². The molecule has 0 rings (SSSR count). The van der Waals surface area contributed by atoms with E-state index in [1.165, 1.54) is 148 Å². The smallest absolute Gasteiger partial charge is 0.306 e. The first kappa shape index (κ1) is 61.1. The molecule has 64 heavy (non-hydrogen) atoms. The van der Waals surface area contributed by atoms with Crippen molar-refractivity contribution in [1.29, 1.82) is 0 Å². The molecule has 6 nitrogen and oxygen atoms in total. The summed E-state index contributed by atoms with van der Waals surface area (Å²) in [6.07, 6.45) is 65.0. The highest BCUT2D eigenvalue weighted by molar-refractivity contribution is 5.71. The zero-order valence-electron chi connectivity index (χ0n) is 42.3. The summed E-state index contributed by atoms with van der Waals surface area (Å²) in [7, 11) is 0. The van der Waals surface area contributed by atoms with Crippen molar-refractivity contribution in [1.82, 2.24) is 0 Å². The normalized spacial score (nSPS) is 12.5. The van der Waals surface area contributed by atoms with E-state index >= 15 is 0 Å². The fourth-order valence-electron chi connectivity index (χ4n) is 7.71. The van der Waals surface area contributed by atoms with Gasteiger partial charge in [0.1, 0.15) is 13.2 Å². The molecular formula is C58H102O6. The van der Waals surface area contributed by atoms with Crippen molar-refractivity contribution in [2.75, 3.05) is 13.2 Å². The zero-order chi connectivity index (χ0) is 46.5. The van der Waals surface area contributed by atoms with Crippen LogP contribution in [0.15, 0.2) is 60.8 Å². The Morgan fingerprint density at radius 2 is 0.609 bits per heavy atom. The summed E-state index contributed by atoms with van der Waals surface area (Å²) >= 11 is 0. The Bertz CT molecular complexity index is 1170. The molecule has 0 saturated carbocycles. The van der Waals surface area contributed by atoms with Crippen molar-refractivity contribution >= 4 is 17.9 Å². The van der Waals surface area contributed by atoms with Gasteiger partial charge in [-0.15, -0.1) is 0 Å². The van der Waals surface area contributed by atoms with Gasteiger partial charge in [0.2, 0.25) is 0 Å². The third kappa shape index (κ3) is 50.1. The highest BCUT2D eigenvalue weighted by Crippen LogP contribution is 2.16. The third-order valence-corrected chi connectivity index (χ3v) is 11.8. The molecule has 0 aromatic heterocycles. The van der Waals surface area contributed by atoms with Crippen molar-refractivity contribution in [3.05, 3.63) is 60.8 Å². The Labute approximate surface area is 396 Å². The van der Waals surface area contributed by atoms with E-state index < -0.39 is 6.10 Å². The molecule has 1 atom stereocenters. The zero-order valence-corrected chi connectivity index (χ0v) is 42.3. The highest BCUT2D eigenvalue weighted by atomic mass is 16.6. The number of hydrogen-bond donors (Lipinski definition) is 0. The Balaban J connectivity index is 4.44. The van der Waals surface area contributed by atoms with Crippen LogP contribution in [0.25, 0.3) is 0 Å². The van der Waals surface area contributed by atoms with Crippen molar-refractivity contribution in [3.63, 3.8) is 0 Å². The Hall–Kier alpha value is -2.89. The Morgan fingerprint density at radius 3 is 0.953 bits per heavy atom. The van der Waals surface area contributed by atoms with Crippen LogP contribution in [0.5, 0.6) is 0 Å². The standard InChI is InChI=1S/C58H102O6/c1-4-7-10-13-16-19-22-25-27-29-31-33-36-39-42-45-48-51-57(60)63-54-55(53-62-56(59)50-47-44-41-38-35-32-24-21-18-15-12-9-6-3)64-58(61)52-49-46-43-40-37-34-30-28-26-23-20-17-14-11-8-5-2/h7,10,16,19,25,27,31,33,39,42,55H,4-6,8-9,11-15,17-18,20-24,26,28-30,32,34-38,40-41,43-54H2,1-3H3/b10-7+,19-16+,27-25+,33-31+,42-39+/t55-/m1/s1. The summed E-state index contributed by atoms with van der Waals surface area (Å²) in [5.41, 5.74) is 0. The number of esters is 3. The van der Waals surface area contributed by atoms with Gasteiger partial charge in [0.15, 0.2) is 6.10 Å². The minimum Gasteiger partial charge on any atom is -0.462 e. The lowest BCUT2D eigenvalue weighted by molar-refractivity contribution is -0.167. The molecule has 0 aliphatic rings. The lowest BCUT2D eigenvalue weighted by Crippen LogP contribution is -2.30. The molecule has 0 aliphatic carbocycles. The number of carbonyl (C=O) groups is 3. The molecule has 0 unspecified atom stereocenters. The summed E-state index contributed by atoms with van der Waals surface area (Å²) in [6, 6.07) is 0. The van der Waals surface area contributed by atoms with Gasteiger partial charge in [-0.05, 0) is 57.8 Å². The average molecular weight is 895 g/mol. The second-order valence-corrected chi connectivity index (χ2v) is 18.1. The maximum absolute atomic E-state index is 12.8. The summed E-state index contributed by atoms with van der Waals surface area (Å²) < 4.78 is 16.8. The van der Waals surface area contributed by atoms with Gasteiger partial charge in [0.05, 0.1) is 0 Å². The topological polar surface area (TPSA) is 78.9 Å². The predicted octanol–water partition coefficient (Wildman–Crippen LogP) is 18.0. The summed E-state index contributed by atoms with van der Waals surface area (Å²) in [4.78, 5) is 38.0. The molecule has 0 fully saturated rings. The molecule has 0 radical (unpaired) electrons. The van der Waals surface area contributed by atoms with Gasteiger partial charge in [0, 0.05) is 19.3 Å². The first-order valence-electron chi connectivity index (χ1n) is 27.3. The molecule has 0 heterocycles. The van der Waals surface area contributed by atoms with Crippen LogP contribution >= 0.6 is 0 Å². The molecule has 0 spiro atoms. The van der Waals surface area contributed by atoms with E-state index in [-0.39, 0.29) is 37.5 Å². The number of unbranched alkanes of at least 4 members (excludes halogenated alkanes) is 28. The fourth-order valence-corrected chi connectivity index (χ4v) is 7.71. The Morgan fingerprint density at radius 1 is 0.328 bits per heavy atom. The van der Waals surface area contributed by atoms with Crippen molar-refractivity contribution < 1.29 is 28.6 Å². The highest BCUT2D eigenvalue weighted by Gasteiger charge is 2.19. The minimum atomic E-state index is -0.793. The molecule has 0 aromatic carbocycles. The summed E-state index contributed by atoms with van der Waals surface area (Å²) in [6.45, 7) is 6.50. The molecule has 0 bridgehead atoms. The molecular weight excluding hydrogens is 793 g/mol. The van der Waals surface area contributed by atoms with Crippen molar-refractivity contribution in [2.45, 2.75) is 277 Å². The van der Waals surface area contributed by atoms with E-state index in [0.717, 1.165) is 77.0 Å². The maximum atomic E-state index is 12.8. The van der Waals surface area contributed by atoms with Gasteiger partial charge < -0.3 is 14.2 Å². The van der Waals surface area contributed by atoms with Crippen LogP contribution < -0.4 is 0 Å². The van der Waals surface area contributed by atoms with E-state index in [1.807, 2.05) is 0 Å². The summed E-state index contributed by atoms with van der Waals surface area (Å²) in [5.74, 6) is -0.938. The van der Waals surface area contributed by atoms with Crippen LogP contribution in [0.1, 0.15) is 271 Å². The molecule has 0 N–H and O–H groups in total. The van der Waals surface area contributed by atoms with Gasteiger partial charge in [-0.2, -0.15) is 0 Å². The van der Waals surface area contributed by atoms with E-state index in [0.29, 0.717) is 19.3 Å². The first-order valence-corrected chi connectivity index (χ1v) is 27.3. The van der Waals surface area contributed by atoms with Crippen molar-refractivity contribution in [2.24, 2.45) is 0 Å². The van der Waals surface area contributed by atoms with Crippen LogP contribution in [0.3, 0.4) is 0 Å². The quantitative estimate of drug-likeness (QED) is 0.0262. The molecule has 0 amide bonds. The monoisotopic (exact) mass is 895 g/mol. The lowest BCUT2D eigenvalue weighted by atomic mass is 10.0. The largest absolute Gasteiger partial charge is 0.462 e. The van der Waals surface area contributed by atoms with Gasteiger partial charge in [-0.1, -0.05) is 255 Å². The van der Waals surface area contributed by atoms with Gasteiger partial charge in [0.25, 0.3) is 0 Å². The van der Waals surface area contributed by atoms with E-state index in [1.54, 1.807) is 0 Å². The van der Waals surface area contributed by atoms with Crippen LogP contribution in [0.4, 0.5) is 0 Å². The number of allylic oxidation sites excluding steroid dienone is 10. The molecule has 6 heteroatoms. The number of ether oxygens (including phenoxy) is 3. The van der Waals surface area contributed by atoms with Crippen LogP contribution in [-0.2, 0) is 28.6 Å². The number of carbonyl (C=O) groups excluding carboxylic acids is 3. The molecule has 0 aromatic rings. The van der Waals surface area contributed by atoms with Crippen LogP contribution in [0.2, 0.25) is 0 Å². The molecule has 0 aliphatic heterocycles. The fraction of sp³-hybridized carbons (Fsp3) is 0.776. The first-order chi connectivity index (χ1) is 31.5. The minimum absolute atomic E-state index is 0.0880. The Kier molecular flexibility index (Phi) is 50.4. The van der Waals surface area contributed by atoms with E-state index in [9.17, 15) is 14.4 Å². The second kappa shape index (κ2) is 52.7. The lowest BCUT2D eigenvalue weighted by Gasteiger charge is -2.18. The van der Waals surface area contributed by atoms with Crippen LogP contribution in [-0.4, -0.2) is 37.2 Å². The van der Waals surface area contributed by atoms with Gasteiger partial charge >= 0.3 is 17.9 Å². The summed E-state index contributed by atoms with van der Waals surface area (Å²) in [5, 5.41) is 0. The average Bonchev–Trinajstić information content (AvgIpc) is 3.29. The van der Waals surface area contributed by atoms with Gasteiger partial charge in [-0.3, -0.25) is 14.4 Å².